The zero-order valence-electron chi connectivity index (χ0n) is 7.62. The van der Waals surface area contributed by atoms with Gasteiger partial charge in [0.25, 0.3) is 0 Å². The number of rotatable bonds is 2. The predicted octanol–water partition coefficient (Wildman–Crippen LogP) is 1.52. The van der Waals surface area contributed by atoms with Crippen LogP contribution in [0, 0.1) is 6.92 Å². The number of nitrogens with zero attached hydrogens (tertiary/aromatic N) is 2. The first-order chi connectivity index (χ1) is 6.82. The fraction of sp³-hybridized carbons (Fsp3) is 0.375. The zero-order chi connectivity index (χ0) is 11.6. The number of carboxylic acids is 1. The van der Waals surface area contributed by atoms with Gasteiger partial charge >= 0.3 is 12.1 Å². The van der Waals surface area contributed by atoms with Crippen LogP contribution in [0.4, 0.5) is 13.2 Å². The van der Waals surface area contributed by atoms with Crippen LogP contribution in [-0.4, -0.2) is 27.2 Å². The molecule has 1 unspecified atom stereocenters. The fourth-order valence-corrected chi connectivity index (χ4v) is 1.02. The van der Waals surface area contributed by atoms with Gasteiger partial charge in [0.2, 0.25) is 0 Å². The van der Waals surface area contributed by atoms with Crippen LogP contribution in [0.15, 0.2) is 12.4 Å². The van der Waals surface area contributed by atoms with Crippen molar-refractivity contribution < 1.29 is 23.1 Å². The van der Waals surface area contributed by atoms with Crippen molar-refractivity contribution in [2.75, 3.05) is 0 Å². The average molecular weight is 220 g/mol. The van der Waals surface area contributed by atoms with E-state index in [0.29, 0.717) is 0 Å². The summed E-state index contributed by atoms with van der Waals surface area (Å²) in [6, 6.07) is 0. The zero-order valence-corrected chi connectivity index (χ0v) is 7.62. The minimum Gasteiger partial charge on any atom is -0.481 e. The van der Waals surface area contributed by atoms with Crippen LogP contribution in [-0.2, 0) is 4.79 Å². The third-order valence-corrected chi connectivity index (χ3v) is 1.71. The van der Waals surface area contributed by atoms with E-state index in [9.17, 15) is 18.0 Å². The standard InChI is InChI=1S/C8H7F3N2O2/c1-4-12-2-5(3-13-4)6(7(14)15)8(9,10)11/h2-3,6H,1H3,(H,14,15). The molecule has 1 heterocycles. The maximum absolute atomic E-state index is 12.3. The lowest BCUT2D eigenvalue weighted by molar-refractivity contribution is -0.176. The second-order valence-corrected chi connectivity index (χ2v) is 2.88. The van der Waals surface area contributed by atoms with E-state index in [2.05, 4.69) is 9.97 Å². The van der Waals surface area contributed by atoms with Crippen molar-refractivity contribution in [1.29, 1.82) is 0 Å². The van der Waals surface area contributed by atoms with Gasteiger partial charge in [-0.25, -0.2) is 9.97 Å². The maximum Gasteiger partial charge on any atom is 0.406 e. The number of aryl methyl sites for hydroxylation is 1. The molecule has 0 amide bonds. The Bertz CT molecular complexity index is 361. The summed E-state index contributed by atoms with van der Waals surface area (Å²) in [5.41, 5.74) is -0.472. The Kier molecular flexibility index (Phi) is 2.92. The molecule has 0 spiro atoms. The van der Waals surface area contributed by atoms with Crippen LogP contribution in [0.25, 0.3) is 0 Å². The van der Waals surface area contributed by atoms with Gasteiger partial charge in [-0.15, -0.1) is 0 Å². The van der Waals surface area contributed by atoms with Gasteiger partial charge in [-0.3, -0.25) is 4.79 Å². The molecule has 0 saturated heterocycles. The molecule has 1 N–H and O–H groups in total. The van der Waals surface area contributed by atoms with Crippen LogP contribution < -0.4 is 0 Å². The number of hydrogen-bond donors (Lipinski definition) is 1. The molecule has 0 aliphatic carbocycles. The largest absolute Gasteiger partial charge is 0.481 e. The smallest absolute Gasteiger partial charge is 0.406 e. The van der Waals surface area contributed by atoms with Crippen LogP contribution >= 0.6 is 0 Å². The highest BCUT2D eigenvalue weighted by Gasteiger charge is 2.46. The molecule has 1 rings (SSSR count). The van der Waals surface area contributed by atoms with Crippen molar-refractivity contribution >= 4 is 5.97 Å². The van der Waals surface area contributed by atoms with Crippen molar-refractivity contribution in [1.82, 2.24) is 9.97 Å². The van der Waals surface area contributed by atoms with Gasteiger partial charge in [0, 0.05) is 18.0 Å². The number of alkyl halides is 3. The first-order valence-corrected chi connectivity index (χ1v) is 3.90. The van der Waals surface area contributed by atoms with Crippen molar-refractivity contribution in [3.05, 3.63) is 23.8 Å². The number of halogens is 3. The molecule has 1 aromatic heterocycles. The molecule has 0 saturated carbocycles. The van der Waals surface area contributed by atoms with E-state index in [0.717, 1.165) is 12.4 Å². The number of carbonyl (C=O) groups is 1. The SMILES string of the molecule is Cc1ncc(C(C(=O)O)C(F)(F)F)cn1. The molecule has 82 valence electrons. The minimum absolute atomic E-state index is 0.282. The Morgan fingerprint density at radius 2 is 1.87 bits per heavy atom. The highest BCUT2D eigenvalue weighted by atomic mass is 19.4. The fourth-order valence-electron chi connectivity index (χ4n) is 1.02. The lowest BCUT2D eigenvalue weighted by atomic mass is 10.0. The third-order valence-electron chi connectivity index (χ3n) is 1.71. The lowest BCUT2D eigenvalue weighted by Crippen LogP contribution is -2.28. The Hall–Kier alpha value is -1.66. The lowest BCUT2D eigenvalue weighted by Gasteiger charge is -2.15. The molecule has 4 nitrogen and oxygen atoms in total. The van der Waals surface area contributed by atoms with Crippen LogP contribution in [0.2, 0.25) is 0 Å². The molecule has 0 aliphatic rings. The normalized spacial score (nSPS) is 13.6. The highest BCUT2D eigenvalue weighted by Crippen LogP contribution is 2.34. The van der Waals surface area contributed by atoms with Gasteiger partial charge in [-0.05, 0) is 6.92 Å². The van der Waals surface area contributed by atoms with Crippen LogP contribution in [0.1, 0.15) is 17.3 Å². The second kappa shape index (κ2) is 3.84. The van der Waals surface area contributed by atoms with Gasteiger partial charge in [-0.1, -0.05) is 0 Å². The molecule has 0 aliphatic heterocycles. The van der Waals surface area contributed by atoms with E-state index in [4.69, 9.17) is 5.11 Å². The quantitative estimate of drug-likeness (QED) is 0.820. The number of aromatic nitrogens is 2. The summed E-state index contributed by atoms with van der Waals surface area (Å²) in [7, 11) is 0. The van der Waals surface area contributed by atoms with Crippen molar-refractivity contribution in [2.24, 2.45) is 0 Å². The molecule has 1 atom stereocenters. The second-order valence-electron chi connectivity index (χ2n) is 2.88. The summed E-state index contributed by atoms with van der Waals surface area (Å²) >= 11 is 0. The van der Waals surface area contributed by atoms with E-state index in [1.807, 2.05) is 0 Å². The van der Waals surface area contributed by atoms with Crippen molar-refractivity contribution in [3.63, 3.8) is 0 Å². The number of carboxylic acid groups (broad SMARTS) is 1. The van der Waals surface area contributed by atoms with Gasteiger partial charge in [-0.2, -0.15) is 13.2 Å². The first-order valence-electron chi connectivity index (χ1n) is 3.90. The van der Waals surface area contributed by atoms with Crippen LogP contribution in [0.3, 0.4) is 0 Å². The summed E-state index contributed by atoms with van der Waals surface area (Å²) < 4.78 is 37.0. The van der Waals surface area contributed by atoms with Crippen molar-refractivity contribution in [2.45, 2.75) is 19.0 Å². The van der Waals surface area contributed by atoms with E-state index < -0.39 is 23.6 Å². The minimum atomic E-state index is -4.84. The maximum atomic E-state index is 12.3. The Morgan fingerprint density at radius 1 is 1.40 bits per heavy atom. The predicted molar refractivity (Wildman–Crippen MR) is 43.2 cm³/mol. The molecule has 15 heavy (non-hydrogen) atoms. The molecule has 0 fully saturated rings. The van der Waals surface area contributed by atoms with E-state index in [1.54, 1.807) is 0 Å². The van der Waals surface area contributed by atoms with Gasteiger partial charge in [0.1, 0.15) is 5.82 Å². The molecule has 1 aromatic rings. The Balaban J connectivity index is 3.11. The highest BCUT2D eigenvalue weighted by molar-refractivity contribution is 5.76. The summed E-state index contributed by atoms with van der Waals surface area (Å²) in [5.74, 6) is -4.25. The summed E-state index contributed by atoms with van der Waals surface area (Å²) in [6.07, 6.45) is -3.10. The first kappa shape index (κ1) is 11.4. The Morgan fingerprint density at radius 3 is 2.20 bits per heavy atom. The van der Waals surface area contributed by atoms with E-state index >= 15 is 0 Å². The summed E-state index contributed by atoms with van der Waals surface area (Å²) in [5, 5.41) is 8.46. The summed E-state index contributed by atoms with van der Waals surface area (Å²) in [6.45, 7) is 1.49. The third kappa shape index (κ3) is 2.64. The van der Waals surface area contributed by atoms with Gasteiger partial charge < -0.3 is 5.11 Å². The van der Waals surface area contributed by atoms with E-state index in [1.165, 1.54) is 6.92 Å². The average Bonchev–Trinajstić information content (AvgIpc) is 2.05. The van der Waals surface area contributed by atoms with Crippen molar-refractivity contribution in [3.8, 4) is 0 Å². The number of hydrogen-bond acceptors (Lipinski definition) is 3. The van der Waals surface area contributed by atoms with E-state index in [-0.39, 0.29) is 5.82 Å². The topological polar surface area (TPSA) is 63.1 Å². The summed E-state index contributed by atoms with van der Waals surface area (Å²) in [4.78, 5) is 17.5. The van der Waals surface area contributed by atoms with Gasteiger partial charge in [0.15, 0.2) is 5.92 Å². The molecular formula is C8H7F3N2O2. The molecule has 7 heteroatoms. The number of aliphatic carboxylic acids is 1. The molecule has 0 radical (unpaired) electrons. The molecule has 0 bridgehead atoms. The Labute approximate surface area is 82.8 Å². The monoisotopic (exact) mass is 220 g/mol. The van der Waals surface area contributed by atoms with Gasteiger partial charge in [0.05, 0.1) is 0 Å². The molecular weight excluding hydrogens is 213 g/mol. The molecule has 0 aromatic carbocycles. The van der Waals surface area contributed by atoms with Crippen LogP contribution in [0.5, 0.6) is 0 Å².